The maximum absolute atomic E-state index is 12.0. The topological polar surface area (TPSA) is 45.7 Å². The van der Waals surface area contributed by atoms with Gasteiger partial charge in [-0.15, -0.1) is 0 Å². The van der Waals surface area contributed by atoms with Gasteiger partial charge in [-0.2, -0.15) is 13.2 Å². The van der Waals surface area contributed by atoms with Crippen LogP contribution in [0.1, 0.15) is 31.9 Å². The first kappa shape index (κ1) is 19.3. The van der Waals surface area contributed by atoms with Crippen LogP contribution >= 0.6 is 0 Å². The van der Waals surface area contributed by atoms with Crippen LogP contribution in [0.3, 0.4) is 0 Å². The zero-order chi connectivity index (χ0) is 17.5. The lowest BCUT2D eigenvalue weighted by atomic mass is 10.1. The molecule has 1 rings (SSSR count). The molecular weight excluding hydrogens is 307 g/mol. The minimum atomic E-state index is -4.29. The Labute approximate surface area is 135 Å². The molecule has 0 fully saturated rings. The second-order valence-corrected chi connectivity index (χ2v) is 6.23. The van der Waals surface area contributed by atoms with Crippen LogP contribution in [-0.2, 0) is 17.9 Å². The van der Waals surface area contributed by atoms with Crippen molar-refractivity contribution in [1.29, 1.82) is 0 Å². The number of rotatable bonds is 5. The third-order valence-corrected chi connectivity index (χ3v) is 2.73. The van der Waals surface area contributed by atoms with E-state index in [1.807, 2.05) is 32.9 Å². The number of aliphatic imine (C=N–C) groups is 1. The lowest BCUT2D eigenvalue weighted by Gasteiger charge is -2.23. The summed E-state index contributed by atoms with van der Waals surface area (Å²) >= 11 is 0. The molecule has 130 valence electrons. The van der Waals surface area contributed by atoms with Gasteiger partial charge in [0.2, 0.25) is 0 Å². The zero-order valence-electron chi connectivity index (χ0n) is 13.9. The van der Waals surface area contributed by atoms with Gasteiger partial charge in [0.15, 0.2) is 5.96 Å². The summed E-state index contributed by atoms with van der Waals surface area (Å²) < 4.78 is 40.6. The fourth-order valence-electron chi connectivity index (χ4n) is 1.76. The summed E-state index contributed by atoms with van der Waals surface area (Å²) in [5, 5.41) is 6.43. The number of nitrogens with one attached hydrogen (secondary N) is 2. The van der Waals surface area contributed by atoms with Crippen LogP contribution in [0.5, 0.6) is 0 Å². The van der Waals surface area contributed by atoms with Crippen LogP contribution in [0.4, 0.5) is 13.2 Å². The molecule has 4 nitrogen and oxygen atoms in total. The average Bonchev–Trinajstić information content (AvgIpc) is 2.42. The largest absolute Gasteiger partial charge is 0.411 e. The average molecular weight is 331 g/mol. The van der Waals surface area contributed by atoms with Crippen LogP contribution < -0.4 is 10.6 Å². The van der Waals surface area contributed by atoms with Gasteiger partial charge in [-0.05, 0) is 31.9 Å². The standard InChI is InChI=1S/C16H24F3N3O/c1-15(2,3)22-14(20-4)21-9-12-5-7-13(8-6-12)10-23-11-16(17,18)19/h5-8H,9-11H2,1-4H3,(H2,20,21,22). The van der Waals surface area contributed by atoms with Crippen molar-refractivity contribution in [2.24, 2.45) is 4.99 Å². The van der Waals surface area contributed by atoms with E-state index in [1.165, 1.54) is 0 Å². The Morgan fingerprint density at radius 3 is 2.13 bits per heavy atom. The summed E-state index contributed by atoms with van der Waals surface area (Å²) in [6, 6.07) is 7.22. The van der Waals surface area contributed by atoms with Gasteiger partial charge >= 0.3 is 6.18 Å². The number of hydrogen-bond acceptors (Lipinski definition) is 2. The van der Waals surface area contributed by atoms with Crippen LogP contribution in [0.15, 0.2) is 29.3 Å². The molecular formula is C16H24F3N3O. The van der Waals surface area contributed by atoms with E-state index in [9.17, 15) is 13.2 Å². The molecule has 0 atom stereocenters. The minimum absolute atomic E-state index is 0.0551. The molecule has 0 heterocycles. The van der Waals surface area contributed by atoms with E-state index in [4.69, 9.17) is 0 Å². The highest BCUT2D eigenvalue weighted by Gasteiger charge is 2.27. The highest BCUT2D eigenvalue weighted by Crippen LogP contribution is 2.15. The smallest absolute Gasteiger partial charge is 0.367 e. The Kier molecular flexibility index (Phi) is 6.87. The Hall–Kier alpha value is -1.76. The van der Waals surface area contributed by atoms with Gasteiger partial charge in [-0.25, -0.2) is 0 Å². The van der Waals surface area contributed by atoms with Crippen molar-refractivity contribution in [2.45, 2.75) is 45.6 Å². The van der Waals surface area contributed by atoms with Gasteiger partial charge in [-0.3, -0.25) is 4.99 Å². The van der Waals surface area contributed by atoms with Gasteiger partial charge in [0.05, 0.1) is 6.61 Å². The highest BCUT2D eigenvalue weighted by molar-refractivity contribution is 5.80. The summed E-state index contributed by atoms with van der Waals surface area (Å²) in [5.41, 5.74) is 1.61. The number of hydrogen-bond donors (Lipinski definition) is 2. The van der Waals surface area contributed by atoms with E-state index in [1.54, 1.807) is 19.2 Å². The van der Waals surface area contributed by atoms with E-state index >= 15 is 0 Å². The summed E-state index contributed by atoms with van der Waals surface area (Å²) in [4.78, 5) is 4.14. The summed E-state index contributed by atoms with van der Waals surface area (Å²) in [6.07, 6.45) is -4.29. The van der Waals surface area contributed by atoms with Gasteiger partial charge in [0, 0.05) is 19.1 Å². The number of ether oxygens (including phenoxy) is 1. The van der Waals surface area contributed by atoms with Crippen molar-refractivity contribution in [2.75, 3.05) is 13.7 Å². The molecule has 7 heteroatoms. The molecule has 0 amide bonds. The molecule has 1 aromatic rings. The summed E-state index contributed by atoms with van der Waals surface area (Å²) in [6.45, 7) is 5.39. The maximum Gasteiger partial charge on any atom is 0.411 e. The van der Waals surface area contributed by atoms with Gasteiger partial charge in [0.1, 0.15) is 6.61 Å². The van der Waals surface area contributed by atoms with Gasteiger partial charge < -0.3 is 15.4 Å². The SMILES string of the molecule is CN=C(NCc1ccc(COCC(F)(F)F)cc1)NC(C)(C)C. The monoisotopic (exact) mass is 331 g/mol. The molecule has 0 radical (unpaired) electrons. The van der Waals surface area contributed by atoms with Gasteiger partial charge in [-0.1, -0.05) is 24.3 Å². The van der Waals surface area contributed by atoms with Crippen molar-refractivity contribution in [3.63, 3.8) is 0 Å². The molecule has 0 spiro atoms. The first-order valence-corrected chi connectivity index (χ1v) is 7.30. The van der Waals surface area contributed by atoms with E-state index in [0.29, 0.717) is 18.1 Å². The Morgan fingerprint density at radius 1 is 1.09 bits per heavy atom. The minimum Gasteiger partial charge on any atom is -0.367 e. The predicted octanol–water partition coefficient (Wildman–Crippen LogP) is 3.23. The van der Waals surface area contributed by atoms with Crippen LogP contribution in [0.25, 0.3) is 0 Å². The fourth-order valence-corrected chi connectivity index (χ4v) is 1.76. The third kappa shape index (κ3) is 9.07. The molecule has 0 bridgehead atoms. The van der Waals surface area contributed by atoms with Crippen LogP contribution in [-0.4, -0.2) is 31.3 Å². The Morgan fingerprint density at radius 2 is 1.65 bits per heavy atom. The summed E-state index contributed by atoms with van der Waals surface area (Å²) in [5.74, 6) is 0.690. The molecule has 1 aromatic carbocycles. The van der Waals surface area contributed by atoms with E-state index in [0.717, 1.165) is 5.56 Å². The van der Waals surface area contributed by atoms with E-state index < -0.39 is 12.8 Å². The first-order valence-electron chi connectivity index (χ1n) is 7.30. The molecule has 0 saturated carbocycles. The number of nitrogens with zero attached hydrogens (tertiary/aromatic N) is 1. The van der Waals surface area contributed by atoms with Gasteiger partial charge in [0.25, 0.3) is 0 Å². The molecule has 23 heavy (non-hydrogen) atoms. The third-order valence-electron chi connectivity index (χ3n) is 2.73. The Bertz CT molecular complexity index is 505. The normalized spacial score (nSPS) is 13.1. The molecule has 2 N–H and O–H groups in total. The lowest BCUT2D eigenvalue weighted by molar-refractivity contribution is -0.176. The van der Waals surface area contributed by atoms with E-state index in [-0.39, 0.29) is 12.1 Å². The highest BCUT2D eigenvalue weighted by atomic mass is 19.4. The van der Waals surface area contributed by atoms with Crippen molar-refractivity contribution in [3.8, 4) is 0 Å². The fraction of sp³-hybridized carbons (Fsp3) is 0.562. The molecule has 0 aliphatic carbocycles. The number of halogens is 3. The van der Waals surface area contributed by atoms with E-state index in [2.05, 4.69) is 20.4 Å². The van der Waals surface area contributed by atoms with Crippen molar-refractivity contribution in [1.82, 2.24) is 10.6 Å². The second kappa shape index (κ2) is 8.19. The molecule has 0 saturated heterocycles. The molecule has 0 aliphatic heterocycles. The maximum atomic E-state index is 12.0. The predicted molar refractivity (Wildman–Crippen MR) is 85.2 cm³/mol. The lowest BCUT2D eigenvalue weighted by Crippen LogP contribution is -2.47. The van der Waals surface area contributed by atoms with Crippen LogP contribution in [0, 0.1) is 0 Å². The molecule has 0 aliphatic rings. The number of alkyl halides is 3. The first-order chi connectivity index (χ1) is 10.6. The van der Waals surface area contributed by atoms with Crippen molar-refractivity contribution < 1.29 is 17.9 Å². The Balaban J connectivity index is 2.45. The number of guanidine groups is 1. The quantitative estimate of drug-likeness (QED) is 0.643. The van der Waals surface area contributed by atoms with Crippen molar-refractivity contribution >= 4 is 5.96 Å². The zero-order valence-corrected chi connectivity index (χ0v) is 13.9. The van der Waals surface area contributed by atoms with Crippen LogP contribution in [0.2, 0.25) is 0 Å². The van der Waals surface area contributed by atoms with Crippen molar-refractivity contribution in [3.05, 3.63) is 35.4 Å². The second-order valence-electron chi connectivity index (χ2n) is 6.23. The molecule has 0 aromatic heterocycles. The summed E-state index contributed by atoms with van der Waals surface area (Å²) in [7, 11) is 1.70. The molecule has 0 unspecified atom stereocenters. The number of benzene rings is 1.